The van der Waals surface area contributed by atoms with Crippen molar-refractivity contribution in [1.29, 1.82) is 0 Å². The third-order valence-electron chi connectivity index (χ3n) is 4.55. The van der Waals surface area contributed by atoms with E-state index >= 15 is 0 Å². The van der Waals surface area contributed by atoms with Gasteiger partial charge in [0.2, 0.25) is 0 Å². The van der Waals surface area contributed by atoms with Crippen LogP contribution in [0.25, 0.3) is 0 Å². The van der Waals surface area contributed by atoms with E-state index in [0.29, 0.717) is 6.54 Å². The summed E-state index contributed by atoms with van der Waals surface area (Å²) in [5.41, 5.74) is 2.74. The zero-order chi connectivity index (χ0) is 17.0. The fourth-order valence-electron chi connectivity index (χ4n) is 2.85. The van der Waals surface area contributed by atoms with E-state index in [2.05, 4.69) is 67.8 Å². The molecule has 2 N–H and O–H groups in total. The van der Waals surface area contributed by atoms with E-state index in [1.165, 1.54) is 18.4 Å². The van der Waals surface area contributed by atoms with Gasteiger partial charge in [-0.3, -0.25) is 4.68 Å². The quantitative estimate of drug-likeness (QED) is 0.589. The minimum atomic E-state index is 0.243. The molecule has 1 aromatic heterocycles. The molecule has 0 aliphatic heterocycles. The summed E-state index contributed by atoms with van der Waals surface area (Å²) in [5, 5.41) is 11.0. The lowest BCUT2D eigenvalue weighted by Gasteiger charge is -2.19. The normalized spacial score (nSPS) is 16.0. The molecule has 0 atom stereocenters. The van der Waals surface area contributed by atoms with E-state index in [1.807, 2.05) is 17.8 Å². The van der Waals surface area contributed by atoms with Crippen molar-refractivity contribution in [3.8, 4) is 0 Å². The van der Waals surface area contributed by atoms with E-state index < -0.39 is 0 Å². The minimum absolute atomic E-state index is 0.243. The number of nitrogens with zero attached hydrogens (tertiary/aromatic N) is 3. The van der Waals surface area contributed by atoms with E-state index in [9.17, 15) is 0 Å². The average molecular weight is 390 g/mol. The molecule has 1 aromatic carbocycles. The molecule has 24 heavy (non-hydrogen) atoms. The van der Waals surface area contributed by atoms with Gasteiger partial charge in [0.15, 0.2) is 5.96 Å². The number of nitrogens with one attached hydrogen (secondary N) is 2. The van der Waals surface area contributed by atoms with Crippen LogP contribution in [-0.2, 0) is 19.0 Å². The molecule has 1 aliphatic rings. The van der Waals surface area contributed by atoms with E-state index in [-0.39, 0.29) is 5.41 Å². The van der Waals surface area contributed by atoms with Gasteiger partial charge in [-0.1, -0.05) is 28.1 Å². The number of aliphatic imine (C=N–C) groups is 1. The Morgan fingerprint density at radius 3 is 2.79 bits per heavy atom. The van der Waals surface area contributed by atoms with Crippen molar-refractivity contribution < 1.29 is 0 Å². The predicted molar refractivity (Wildman–Crippen MR) is 101 cm³/mol. The number of guanidine groups is 1. The lowest BCUT2D eigenvalue weighted by molar-refractivity contribution is 0.643. The molecule has 1 heterocycles. The molecule has 3 rings (SSSR count). The Kier molecular flexibility index (Phi) is 5.23. The highest BCUT2D eigenvalue weighted by Crippen LogP contribution is 2.48. The number of halogens is 1. The van der Waals surface area contributed by atoms with Crippen molar-refractivity contribution in [3.05, 3.63) is 52.3 Å². The predicted octanol–water partition coefficient (Wildman–Crippen LogP) is 2.97. The number of aryl methyl sites for hydroxylation is 1. The molecule has 0 unspecified atom stereocenters. The van der Waals surface area contributed by atoms with Crippen molar-refractivity contribution in [2.75, 3.05) is 13.1 Å². The highest BCUT2D eigenvalue weighted by Gasteiger charge is 2.44. The molecule has 0 saturated heterocycles. The maximum Gasteiger partial charge on any atom is 0.191 e. The SMILES string of the molecule is CCNC(=NCc1ccnn1C)NCC1(c2cccc(Br)c2)CC1. The molecule has 2 aromatic rings. The first-order valence-corrected chi connectivity index (χ1v) is 9.17. The van der Waals surface area contributed by atoms with Crippen LogP contribution in [0.3, 0.4) is 0 Å². The van der Waals surface area contributed by atoms with Crippen LogP contribution in [0.5, 0.6) is 0 Å². The van der Waals surface area contributed by atoms with Crippen molar-refractivity contribution in [2.24, 2.45) is 12.0 Å². The largest absolute Gasteiger partial charge is 0.357 e. The van der Waals surface area contributed by atoms with Gasteiger partial charge in [-0.25, -0.2) is 4.99 Å². The Morgan fingerprint density at radius 2 is 2.17 bits per heavy atom. The number of aromatic nitrogens is 2. The fourth-order valence-corrected chi connectivity index (χ4v) is 3.25. The third-order valence-corrected chi connectivity index (χ3v) is 5.04. The highest BCUT2D eigenvalue weighted by molar-refractivity contribution is 9.10. The molecule has 0 radical (unpaired) electrons. The van der Waals surface area contributed by atoms with Crippen LogP contribution >= 0.6 is 15.9 Å². The van der Waals surface area contributed by atoms with Crippen molar-refractivity contribution >= 4 is 21.9 Å². The van der Waals surface area contributed by atoms with E-state index in [4.69, 9.17) is 0 Å². The lowest BCUT2D eigenvalue weighted by Crippen LogP contribution is -2.41. The second-order valence-corrected chi connectivity index (χ2v) is 7.20. The zero-order valence-electron chi connectivity index (χ0n) is 14.2. The van der Waals surface area contributed by atoms with Gasteiger partial charge in [-0.05, 0) is 43.5 Å². The molecule has 1 aliphatic carbocycles. The molecule has 1 saturated carbocycles. The van der Waals surface area contributed by atoms with Gasteiger partial charge in [0.05, 0.1) is 12.2 Å². The summed E-state index contributed by atoms with van der Waals surface area (Å²) in [6, 6.07) is 10.6. The molecule has 1 fully saturated rings. The molecule has 5 nitrogen and oxygen atoms in total. The number of benzene rings is 1. The first-order valence-electron chi connectivity index (χ1n) is 8.38. The Balaban J connectivity index is 1.65. The van der Waals surface area contributed by atoms with Crippen LogP contribution in [-0.4, -0.2) is 28.8 Å². The number of rotatable bonds is 6. The van der Waals surface area contributed by atoms with Gasteiger partial charge >= 0.3 is 0 Å². The zero-order valence-corrected chi connectivity index (χ0v) is 15.8. The van der Waals surface area contributed by atoms with Crippen molar-refractivity contribution in [2.45, 2.75) is 31.7 Å². The first kappa shape index (κ1) is 17.0. The summed E-state index contributed by atoms with van der Waals surface area (Å²) in [6.07, 6.45) is 4.24. The van der Waals surface area contributed by atoms with E-state index in [1.54, 1.807) is 6.20 Å². The van der Waals surface area contributed by atoms with Gasteiger partial charge in [0.25, 0.3) is 0 Å². The maximum atomic E-state index is 4.68. The van der Waals surface area contributed by atoms with Gasteiger partial charge < -0.3 is 10.6 Å². The van der Waals surface area contributed by atoms with Crippen LogP contribution in [0.1, 0.15) is 31.0 Å². The molecule has 6 heteroatoms. The second kappa shape index (κ2) is 7.38. The summed E-state index contributed by atoms with van der Waals surface area (Å²) in [5.74, 6) is 0.861. The average Bonchev–Trinajstić information content (AvgIpc) is 3.26. The fraction of sp³-hybridized carbons (Fsp3) is 0.444. The molecule has 0 bridgehead atoms. The lowest BCUT2D eigenvalue weighted by atomic mass is 9.96. The highest BCUT2D eigenvalue weighted by atomic mass is 79.9. The third kappa shape index (κ3) is 3.98. The number of hydrogen-bond acceptors (Lipinski definition) is 2. The van der Waals surface area contributed by atoms with Crippen LogP contribution in [0.4, 0.5) is 0 Å². The molecular formula is C18H24BrN5. The topological polar surface area (TPSA) is 54.2 Å². The monoisotopic (exact) mass is 389 g/mol. The second-order valence-electron chi connectivity index (χ2n) is 6.29. The Morgan fingerprint density at radius 1 is 1.33 bits per heavy atom. The summed E-state index contributed by atoms with van der Waals surface area (Å²) in [4.78, 5) is 4.68. The van der Waals surface area contributed by atoms with Crippen molar-refractivity contribution in [1.82, 2.24) is 20.4 Å². The van der Waals surface area contributed by atoms with Crippen LogP contribution < -0.4 is 10.6 Å². The van der Waals surface area contributed by atoms with Crippen LogP contribution in [0.2, 0.25) is 0 Å². The van der Waals surface area contributed by atoms with Crippen molar-refractivity contribution in [3.63, 3.8) is 0 Å². The van der Waals surface area contributed by atoms with Gasteiger partial charge in [0.1, 0.15) is 0 Å². The summed E-state index contributed by atoms with van der Waals surface area (Å²) >= 11 is 3.58. The smallest absolute Gasteiger partial charge is 0.191 e. The van der Waals surface area contributed by atoms with Gasteiger partial charge in [-0.15, -0.1) is 0 Å². The summed E-state index contributed by atoms with van der Waals surface area (Å²) in [6.45, 7) is 4.46. The van der Waals surface area contributed by atoms with E-state index in [0.717, 1.165) is 29.2 Å². The van der Waals surface area contributed by atoms with Gasteiger partial charge in [-0.2, -0.15) is 5.10 Å². The number of hydrogen-bond donors (Lipinski definition) is 2. The summed E-state index contributed by atoms with van der Waals surface area (Å²) in [7, 11) is 1.94. The molecule has 128 valence electrons. The maximum absolute atomic E-state index is 4.68. The molecule has 0 amide bonds. The first-order chi connectivity index (χ1) is 11.6. The summed E-state index contributed by atoms with van der Waals surface area (Å²) < 4.78 is 3.00. The molecule has 0 spiro atoms. The molecular weight excluding hydrogens is 366 g/mol. The Hall–Kier alpha value is -1.82. The van der Waals surface area contributed by atoms with Gasteiger partial charge in [0, 0.05) is 36.2 Å². The standard InChI is InChI=1S/C18H24BrN5/c1-3-20-17(21-12-16-7-10-23-24(16)2)22-13-18(8-9-18)14-5-4-6-15(19)11-14/h4-7,10-11H,3,8-9,12-13H2,1-2H3,(H2,20,21,22). The minimum Gasteiger partial charge on any atom is -0.357 e. The van der Waals surface area contributed by atoms with Crippen LogP contribution in [0, 0.1) is 0 Å². The van der Waals surface area contributed by atoms with Crippen LogP contribution in [0.15, 0.2) is 46.0 Å². The Labute approximate surface area is 151 Å². The Bertz CT molecular complexity index is 718.